The molecule has 1 saturated heterocycles. The summed E-state index contributed by atoms with van der Waals surface area (Å²) in [6, 6.07) is 2.83. The smallest absolute Gasteiger partial charge is 0.291 e. The number of nitrogens with one attached hydrogen (secondary N) is 1. The summed E-state index contributed by atoms with van der Waals surface area (Å²) in [7, 11) is 3.45. The third kappa shape index (κ3) is 3.85. The lowest BCUT2D eigenvalue weighted by atomic mass is 10.1. The predicted octanol–water partition coefficient (Wildman–Crippen LogP) is 1.87. The van der Waals surface area contributed by atoms with Gasteiger partial charge in [0.05, 0.1) is 5.69 Å². The van der Waals surface area contributed by atoms with Crippen molar-refractivity contribution >= 4 is 11.7 Å². The fourth-order valence-corrected chi connectivity index (χ4v) is 4.24. The quantitative estimate of drug-likeness (QED) is 0.830. The van der Waals surface area contributed by atoms with E-state index in [1.165, 1.54) is 17.0 Å². The zero-order valence-corrected chi connectivity index (χ0v) is 18.1. The van der Waals surface area contributed by atoms with E-state index in [1.807, 2.05) is 13.8 Å². The van der Waals surface area contributed by atoms with Crippen LogP contribution in [0.3, 0.4) is 0 Å². The summed E-state index contributed by atoms with van der Waals surface area (Å²) in [5.74, 6) is 0.982. The molecule has 1 unspecified atom stereocenters. The van der Waals surface area contributed by atoms with Crippen LogP contribution in [-0.4, -0.2) is 63.8 Å². The van der Waals surface area contributed by atoms with E-state index in [9.17, 15) is 4.79 Å². The van der Waals surface area contributed by atoms with Crippen LogP contribution in [-0.2, 0) is 13.0 Å². The Morgan fingerprint density at radius 3 is 2.79 bits per heavy atom. The first-order chi connectivity index (χ1) is 13.8. The van der Waals surface area contributed by atoms with Gasteiger partial charge in [0.1, 0.15) is 5.82 Å². The van der Waals surface area contributed by atoms with Crippen LogP contribution in [0.25, 0.3) is 0 Å². The highest BCUT2D eigenvalue weighted by Gasteiger charge is 2.28. The molecule has 0 bridgehead atoms. The first kappa shape index (κ1) is 19.8. The molecule has 2 aromatic rings. The number of rotatable bonds is 5. The molecule has 0 saturated carbocycles. The summed E-state index contributed by atoms with van der Waals surface area (Å²) in [6.07, 6.45) is 3.38. The number of hydrogen-bond acceptors (Lipinski definition) is 6. The molecule has 2 aliphatic rings. The molecule has 0 aliphatic carbocycles. The van der Waals surface area contributed by atoms with E-state index in [0.717, 1.165) is 55.2 Å². The molecule has 0 radical (unpaired) electrons. The molecule has 1 amide bonds. The van der Waals surface area contributed by atoms with Gasteiger partial charge in [0.2, 0.25) is 5.82 Å². The van der Waals surface area contributed by atoms with Crippen molar-refractivity contribution in [2.45, 2.75) is 58.7 Å². The summed E-state index contributed by atoms with van der Waals surface area (Å²) < 4.78 is 2.14. The van der Waals surface area contributed by atoms with Gasteiger partial charge in [0, 0.05) is 62.8 Å². The number of aromatic nitrogens is 4. The van der Waals surface area contributed by atoms with Crippen molar-refractivity contribution in [2.24, 2.45) is 0 Å². The van der Waals surface area contributed by atoms with Gasteiger partial charge in [-0.3, -0.25) is 9.48 Å². The maximum absolute atomic E-state index is 12.4. The number of hydrogen-bond donors (Lipinski definition) is 1. The molecule has 4 heterocycles. The maximum Gasteiger partial charge on any atom is 0.291 e. The Morgan fingerprint density at radius 2 is 2.07 bits per heavy atom. The van der Waals surface area contributed by atoms with E-state index in [0.29, 0.717) is 6.04 Å². The second-order valence-electron chi connectivity index (χ2n) is 8.49. The maximum atomic E-state index is 12.4. The van der Waals surface area contributed by atoms with Crippen molar-refractivity contribution < 1.29 is 4.79 Å². The van der Waals surface area contributed by atoms with Crippen LogP contribution in [0.2, 0.25) is 0 Å². The minimum Gasteiger partial charge on any atom is -0.355 e. The first-order valence-electron chi connectivity index (χ1n) is 10.5. The zero-order chi connectivity index (χ0) is 20.7. The third-order valence-corrected chi connectivity index (χ3v) is 6.06. The second kappa shape index (κ2) is 7.74. The minimum atomic E-state index is -0.162. The number of carbonyl (C=O) groups is 1. The van der Waals surface area contributed by atoms with Gasteiger partial charge in [-0.15, -0.1) is 0 Å². The van der Waals surface area contributed by atoms with Gasteiger partial charge in [-0.2, -0.15) is 5.10 Å². The number of amides is 1. The molecule has 2 aliphatic heterocycles. The molecule has 29 heavy (non-hydrogen) atoms. The van der Waals surface area contributed by atoms with Crippen molar-refractivity contribution in [3.05, 3.63) is 34.5 Å². The van der Waals surface area contributed by atoms with Crippen LogP contribution in [0.15, 0.2) is 6.07 Å². The van der Waals surface area contributed by atoms with E-state index >= 15 is 0 Å². The summed E-state index contributed by atoms with van der Waals surface area (Å²) in [5.41, 5.74) is 4.38. The normalized spacial score (nSPS) is 19.5. The molecule has 2 aromatic heterocycles. The van der Waals surface area contributed by atoms with Crippen LogP contribution < -0.4 is 10.2 Å². The Morgan fingerprint density at radius 1 is 1.28 bits per heavy atom. The van der Waals surface area contributed by atoms with Crippen LogP contribution in [0.4, 0.5) is 5.82 Å². The number of anilines is 1. The minimum absolute atomic E-state index is 0.162. The van der Waals surface area contributed by atoms with Crippen LogP contribution in [0, 0.1) is 13.8 Å². The molecule has 1 fully saturated rings. The van der Waals surface area contributed by atoms with Gasteiger partial charge in [-0.1, -0.05) is 0 Å². The third-order valence-electron chi connectivity index (χ3n) is 6.06. The molecule has 2 atom stereocenters. The Bertz CT molecular complexity index is 898. The Labute approximate surface area is 172 Å². The largest absolute Gasteiger partial charge is 0.355 e. The summed E-state index contributed by atoms with van der Waals surface area (Å²) >= 11 is 0. The standard InChI is InChI=1S/C21H31N7O/c1-13-14(2)23-19(21(29)26(4)5)24-20(13)27-10-8-16(12-27)22-15(3)18-11-17-7-6-9-28(17)25-18/h11,15-16,22H,6-10,12H2,1-5H3/t15?,16-/m1/s1. The van der Waals surface area contributed by atoms with Crippen LogP contribution >= 0.6 is 0 Å². The number of carbonyl (C=O) groups excluding carboxylic acids is 1. The molecule has 8 nitrogen and oxygen atoms in total. The van der Waals surface area contributed by atoms with Gasteiger partial charge in [0.25, 0.3) is 5.91 Å². The molecule has 156 valence electrons. The van der Waals surface area contributed by atoms with Gasteiger partial charge in [-0.05, 0) is 46.1 Å². The van der Waals surface area contributed by atoms with Crippen LogP contribution in [0.5, 0.6) is 0 Å². The predicted molar refractivity (Wildman–Crippen MR) is 112 cm³/mol. The lowest BCUT2D eigenvalue weighted by Gasteiger charge is -2.23. The van der Waals surface area contributed by atoms with Gasteiger partial charge in [-0.25, -0.2) is 9.97 Å². The zero-order valence-electron chi connectivity index (χ0n) is 18.1. The topological polar surface area (TPSA) is 79.2 Å². The highest BCUT2D eigenvalue weighted by atomic mass is 16.2. The average molecular weight is 398 g/mol. The van der Waals surface area contributed by atoms with Gasteiger partial charge < -0.3 is 15.1 Å². The summed E-state index contributed by atoms with van der Waals surface area (Å²) in [4.78, 5) is 25.2. The van der Waals surface area contributed by atoms with Crippen LogP contribution in [0.1, 0.15) is 59.1 Å². The second-order valence-corrected chi connectivity index (χ2v) is 8.49. The Hall–Kier alpha value is -2.48. The molecular weight excluding hydrogens is 366 g/mol. The summed E-state index contributed by atoms with van der Waals surface area (Å²) in [6.45, 7) is 8.99. The summed E-state index contributed by atoms with van der Waals surface area (Å²) in [5, 5.41) is 8.50. The van der Waals surface area contributed by atoms with Crippen molar-refractivity contribution in [1.82, 2.24) is 30.0 Å². The Balaban J connectivity index is 1.46. The molecular formula is C21H31N7O. The SMILES string of the molecule is Cc1nc(C(=O)N(C)C)nc(N2CC[C@@H](NC(C)c3cc4n(n3)CCC4)C2)c1C. The van der Waals surface area contributed by atoms with Crippen molar-refractivity contribution in [3.8, 4) is 0 Å². The highest BCUT2D eigenvalue weighted by Crippen LogP contribution is 2.26. The van der Waals surface area contributed by atoms with E-state index in [-0.39, 0.29) is 17.8 Å². The molecule has 0 spiro atoms. The first-order valence-corrected chi connectivity index (χ1v) is 10.5. The van der Waals surface area contributed by atoms with E-state index in [4.69, 9.17) is 5.10 Å². The lowest BCUT2D eigenvalue weighted by molar-refractivity contribution is 0.0815. The lowest BCUT2D eigenvalue weighted by Crippen LogP contribution is -2.35. The van der Waals surface area contributed by atoms with Crippen molar-refractivity contribution in [2.75, 3.05) is 32.1 Å². The van der Waals surface area contributed by atoms with Crippen molar-refractivity contribution in [1.29, 1.82) is 0 Å². The van der Waals surface area contributed by atoms with E-state index in [1.54, 1.807) is 14.1 Å². The van der Waals surface area contributed by atoms with Crippen molar-refractivity contribution in [3.63, 3.8) is 0 Å². The molecule has 4 rings (SSSR count). The average Bonchev–Trinajstić information content (AvgIpc) is 3.39. The fraction of sp³-hybridized carbons (Fsp3) is 0.619. The molecule has 0 aromatic carbocycles. The number of fused-ring (bicyclic) bond motifs is 1. The highest BCUT2D eigenvalue weighted by molar-refractivity contribution is 5.90. The fourth-order valence-electron chi connectivity index (χ4n) is 4.24. The number of aryl methyl sites for hydroxylation is 3. The van der Waals surface area contributed by atoms with E-state index < -0.39 is 0 Å². The monoisotopic (exact) mass is 397 g/mol. The Kier molecular flexibility index (Phi) is 5.29. The molecule has 1 N–H and O–H groups in total. The van der Waals surface area contributed by atoms with Gasteiger partial charge >= 0.3 is 0 Å². The van der Waals surface area contributed by atoms with Gasteiger partial charge in [0.15, 0.2) is 0 Å². The molecule has 8 heteroatoms. The van der Waals surface area contributed by atoms with E-state index in [2.05, 4.69) is 37.9 Å². The number of nitrogens with zero attached hydrogens (tertiary/aromatic N) is 6.